The zero-order valence-corrected chi connectivity index (χ0v) is 9.34. The summed E-state index contributed by atoms with van der Waals surface area (Å²) in [6.45, 7) is 1.91. The number of nitrogens with one attached hydrogen (secondary N) is 1. The number of rotatable bonds is 6. The van der Waals surface area contributed by atoms with Gasteiger partial charge in [-0.3, -0.25) is 4.79 Å². The molecule has 0 saturated heterocycles. The third-order valence-electron chi connectivity index (χ3n) is 2.91. The van der Waals surface area contributed by atoms with Crippen LogP contribution < -0.4 is 11.1 Å². The van der Waals surface area contributed by atoms with E-state index in [0.717, 1.165) is 0 Å². The SMILES string of the molecule is CCNC1(C(N)=O)CCC(OCC(F)F)C1. The first-order valence-corrected chi connectivity index (χ1v) is 5.45. The van der Waals surface area contributed by atoms with Crippen LogP contribution in [0.3, 0.4) is 0 Å². The first-order valence-electron chi connectivity index (χ1n) is 5.45. The second kappa shape index (κ2) is 5.54. The molecule has 6 heteroatoms. The van der Waals surface area contributed by atoms with Crippen LogP contribution in [0.1, 0.15) is 26.2 Å². The second-order valence-corrected chi connectivity index (χ2v) is 4.07. The molecule has 0 spiro atoms. The van der Waals surface area contributed by atoms with E-state index in [4.69, 9.17) is 10.5 Å². The maximum absolute atomic E-state index is 12.0. The van der Waals surface area contributed by atoms with Crippen LogP contribution >= 0.6 is 0 Å². The maximum atomic E-state index is 12.0. The van der Waals surface area contributed by atoms with Gasteiger partial charge in [0, 0.05) is 6.42 Å². The number of carbonyl (C=O) groups excluding carboxylic acids is 1. The summed E-state index contributed by atoms with van der Waals surface area (Å²) >= 11 is 0. The molecular formula is C10H18F2N2O2. The minimum atomic E-state index is -2.47. The van der Waals surface area contributed by atoms with Gasteiger partial charge >= 0.3 is 0 Å². The Morgan fingerprint density at radius 2 is 2.38 bits per heavy atom. The van der Waals surface area contributed by atoms with Crippen LogP contribution in [-0.4, -0.2) is 37.1 Å². The highest BCUT2D eigenvalue weighted by molar-refractivity contribution is 5.85. The van der Waals surface area contributed by atoms with Gasteiger partial charge in [-0.25, -0.2) is 8.78 Å². The number of hydrogen-bond acceptors (Lipinski definition) is 3. The fraction of sp³-hybridized carbons (Fsp3) is 0.900. The number of halogens is 2. The zero-order chi connectivity index (χ0) is 12.2. The molecule has 3 N–H and O–H groups in total. The highest BCUT2D eigenvalue weighted by atomic mass is 19.3. The van der Waals surface area contributed by atoms with Crippen molar-refractivity contribution in [3.8, 4) is 0 Å². The molecule has 16 heavy (non-hydrogen) atoms. The number of amides is 1. The average Bonchev–Trinajstić information content (AvgIpc) is 2.60. The van der Waals surface area contributed by atoms with Crippen LogP contribution in [0.15, 0.2) is 0 Å². The van der Waals surface area contributed by atoms with Crippen molar-refractivity contribution in [2.45, 2.75) is 44.3 Å². The molecule has 0 aromatic heterocycles. The van der Waals surface area contributed by atoms with E-state index in [1.54, 1.807) is 0 Å². The molecule has 1 rings (SSSR count). The Morgan fingerprint density at radius 1 is 1.69 bits per heavy atom. The van der Waals surface area contributed by atoms with Gasteiger partial charge in [0.15, 0.2) is 0 Å². The van der Waals surface area contributed by atoms with Crippen molar-refractivity contribution in [1.82, 2.24) is 5.32 Å². The maximum Gasteiger partial charge on any atom is 0.261 e. The van der Waals surface area contributed by atoms with Crippen LogP contribution in [0.5, 0.6) is 0 Å². The van der Waals surface area contributed by atoms with Gasteiger partial charge in [-0.1, -0.05) is 6.92 Å². The number of carbonyl (C=O) groups is 1. The molecule has 4 nitrogen and oxygen atoms in total. The summed E-state index contributed by atoms with van der Waals surface area (Å²) in [5.74, 6) is -0.433. The number of alkyl halides is 2. The fourth-order valence-electron chi connectivity index (χ4n) is 2.16. The molecule has 0 aliphatic heterocycles. The van der Waals surface area contributed by atoms with Crippen molar-refractivity contribution in [3.63, 3.8) is 0 Å². The van der Waals surface area contributed by atoms with Crippen LogP contribution in [0.4, 0.5) is 8.78 Å². The number of hydrogen-bond donors (Lipinski definition) is 2. The van der Waals surface area contributed by atoms with Crippen molar-refractivity contribution in [3.05, 3.63) is 0 Å². The summed E-state index contributed by atoms with van der Waals surface area (Å²) < 4.78 is 28.9. The molecule has 1 amide bonds. The lowest BCUT2D eigenvalue weighted by Gasteiger charge is -2.26. The lowest BCUT2D eigenvalue weighted by molar-refractivity contribution is -0.124. The molecule has 2 atom stereocenters. The van der Waals surface area contributed by atoms with Gasteiger partial charge in [-0.2, -0.15) is 0 Å². The summed E-state index contributed by atoms with van der Waals surface area (Å²) in [7, 11) is 0. The van der Waals surface area contributed by atoms with E-state index in [2.05, 4.69) is 5.32 Å². The Balaban J connectivity index is 2.50. The number of likely N-dealkylation sites (N-methyl/N-ethyl adjacent to an activating group) is 1. The molecule has 1 aliphatic carbocycles. The normalized spacial score (nSPS) is 29.9. The van der Waals surface area contributed by atoms with Crippen molar-refractivity contribution in [2.24, 2.45) is 5.73 Å². The molecular weight excluding hydrogens is 218 g/mol. The largest absolute Gasteiger partial charge is 0.372 e. The second-order valence-electron chi connectivity index (χ2n) is 4.07. The number of nitrogens with two attached hydrogens (primary N) is 1. The standard InChI is InChI=1S/C10H18F2N2O2/c1-2-14-10(9(13)15)4-3-7(5-10)16-6-8(11)12/h7-8,14H,2-6H2,1H3,(H2,13,15). The van der Waals surface area contributed by atoms with E-state index in [9.17, 15) is 13.6 Å². The first-order chi connectivity index (χ1) is 7.50. The van der Waals surface area contributed by atoms with Crippen molar-refractivity contribution < 1.29 is 18.3 Å². The first kappa shape index (κ1) is 13.3. The van der Waals surface area contributed by atoms with Gasteiger partial charge in [-0.15, -0.1) is 0 Å². The highest BCUT2D eigenvalue weighted by Crippen LogP contribution is 2.31. The molecule has 0 radical (unpaired) electrons. The topological polar surface area (TPSA) is 64.3 Å². The summed E-state index contributed by atoms with van der Waals surface area (Å²) in [6.07, 6.45) is -1.27. The van der Waals surface area contributed by atoms with E-state index in [0.29, 0.717) is 25.8 Å². The van der Waals surface area contributed by atoms with Crippen molar-refractivity contribution in [2.75, 3.05) is 13.2 Å². The quantitative estimate of drug-likeness (QED) is 0.712. The molecule has 2 unspecified atom stereocenters. The molecule has 0 heterocycles. The van der Waals surface area contributed by atoms with Crippen LogP contribution in [0.2, 0.25) is 0 Å². The zero-order valence-electron chi connectivity index (χ0n) is 9.34. The Hall–Kier alpha value is -0.750. The van der Waals surface area contributed by atoms with E-state index in [1.807, 2.05) is 6.92 Å². The van der Waals surface area contributed by atoms with Crippen molar-refractivity contribution >= 4 is 5.91 Å². The molecule has 94 valence electrons. The molecule has 1 saturated carbocycles. The predicted molar refractivity (Wildman–Crippen MR) is 55.2 cm³/mol. The molecule has 0 bridgehead atoms. The van der Waals surface area contributed by atoms with Gasteiger partial charge in [0.05, 0.1) is 6.10 Å². The van der Waals surface area contributed by atoms with E-state index >= 15 is 0 Å². The van der Waals surface area contributed by atoms with Crippen molar-refractivity contribution in [1.29, 1.82) is 0 Å². The number of ether oxygens (including phenoxy) is 1. The smallest absolute Gasteiger partial charge is 0.261 e. The fourth-order valence-corrected chi connectivity index (χ4v) is 2.16. The molecule has 0 aromatic carbocycles. The van der Waals surface area contributed by atoms with Gasteiger partial charge in [0.2, 0.25) is 5.91 Å². The van der Waals surface area contributed by atoms with Crippen LogP contribution in [0, 0.1) is 0 Å². The molecule has 0 aromatic rings. The summed E-state index contributed by atoms with van der Waals surface area (Å²) in [6, 6.07) is 0. The van der Waals surface area contributed by atoms with E-state index in [-0.39, 0.29) is 6.10 Å². The van der Waals surface area contributed by atoms with Gasteiger partial charge in [-0.05, 0) is 19.4 Å². The Morgan fingerprint density at radius 3 is 2.88 bits per heavy atom. The summed E-state index contributed by atoms with van der Waals surface area (Å²) in [5, 5.41) is 3.03. The number of primary amides is 1. The molecule has 1 fully saturated rings. The van der Waals surface area contributed by atoms with Gasteiger partial charge in [0.1, 0.15) is 12.1 Å². The van der Waals surface area contributed by atoms with Gasteiger partial charge in [0.25, 0.3) is 6.43 Å². The average molecular weight is 236 g/mol. The highest BCUT2D eigenvalue weighted by Gasteiger charge is 2.43. The molecule has 1 aliphatic rings. The lowest BCUT2D eigenvalue weighted by Crippen LogP contribution is -2.53. The van der Waals surface area contributed by atoms with Crippen LogP contribution in [-0.2, 0) is 9.53 Å². The Labute approximate surface area is 93.5 Å². The Bertz CT molecular complexity index is 251. The summed E-state index contributed by atoms with van der Waals surface area (Å²) in [4.78, 5) is 11.4. The summed E-state index contributed by atoms with van der Waals surface area (Å²) in [5.41, 5.74) is 4.56. The third-order valence-corrected chi connectivity index (χ3v) is 2.91. The van der Waals surface area contributed by atoms with E-state index in [1.165, 1.54) is 0 Å². The predicted octanol–water partition coefficient (Wildman–Crippen LogP) is 0.654. The van der Waals surface area contributed by atoms with E-state index < -0.39 is 24.5 Å². The van der Waals surface area contributed by atoms with Gasteiger partial charge < -0.3 is 15.8 Å². The third kappa shape index (κ3) is 3.12. The minimum Gasteiger partial charge on any atom is -0.372 e. The van der Waals surface area contributed by atoms with Crippen LogP contribution in [0.25, 0.3) is 0 Å². The Kier molecular flexibility index (Phi) is 4.61. The monoisotopic (exact) mass is 236 g/mol. The minimum absolute atomic E-state index is 0.305. The lowest BCUT2D eigenvalue weighted by atomic mass is 9.96.